The van der Waals surface area contributed by atoms with Crippen LogP contribution in [0.4, 0.5) is 22.7 Å². The topological polar surface area (TPSA) is 145 Å². The number of rotatable bonds is 6. The molecule has 124 valence electrons. The summed E-state index contributed by atoms with van der Waals surface area (Å²) in [5, 5.41) is 33.6. The Labute approximate surface area is 134 Å². The molecule has 2 N–H and O–H groups in total. The summed E-state index contributed by atoms with van der Waals surface area (Å²) >= 11 is 0. The summed E-state index contributed by atoms with van der Waals surface area (Å²) in [6, 6.07) is 7.04. The molecule has 0 aliphatic carbocycles. The van der Waals surface area contributed by atoms with E-state index in [-0.39, 0.29) is 22.7 Å². The van der Waals surface area contributed by atoms with Crippen LogP contribution in [0, 0.1) is 20.2 Å². The largest absolute Gasteiger partial charge is 0.495 e. The Balaban J connectivity index is 2.51. The number of aromatic carboxylic acids is 1. The number of methoxy groups -OCH3 is 1. The van der Waals surface area contributed by atoms with Crippen LogP contribution in [0.15, 0.2) is 36.4 Å². The Hall–Kier alpha value is -3.69. The van der Waals surface area contributed by atoms with Crippen molar-refractivity contribution < 1.29 is 24.5 Å². The van der Waals surface area contributed by atoms with Crippen molar-refractivity contribution in [1.29, 1.82) is 0 Å². The average molecular weight is 333 g/mol. The van der Waals surface area contributed by atoms with Gasteiger partial charge in [0.15, 0.2) is 0 Å². The smallest absolute Gasteiger partial charge is 0.335 e. The first-order valence-corrected chi connectivity index (χ1v) is 6.44. The van der Waals surface area contributed by atoms with Crippen molar-refractivity contribution in [3.63, 3.8) is 0 Å². The molecule has 0 atom stereocenters. The van der Waals surface area contributed by atoms with Crippen molar-refractivity contribution >= 4 is 28.7 Å². The highest BCUT2D eigenvalue weighted by atomic mass is 16.6. The van der Waals surface area contributed by atoms with Gasteiger partial charge in [0, 0.05) is 6.07 Å². The minimum Gasteiger partial charge on any atom is -0.495 e. The molecule has 24 heavy (non-hydrogen) atoms. The van der Waals surface area contributed by atoms with Crippen LogP contribution in [-0.2, 0) is 0 Å². The maximum atomic E-state index is 11.1. The van der Waals surface area contributed by atoms with E-state index in [9.17, 15) is 25.0 Å². The fourth-order valence-corrected chi connectivity index (χ4v) is 1.97. The molecule has 2 aromatic carbocycles. The van der Waals surface area contributed by atoms with Crippen LogP contribution >= 0.6 is 0 Å². The first kappa shape index (κ1) is 16.7. The number of nitro groups is 2. The lowest BCUT2D eigenvalue weighted by Gasteiger charge is -2.12. The van der Waals surface area contributed by atoms with Crippen molar-refractivity contribution in [2.75, 3.05) is 12.4 Å². The Morgan fingerprint density at radius 2 is 1.79 bits per heavy atom. The fraction of sp³-hybridized carbons (Fsp3) is 0.0714. The maximum absolute atomic E-state index is 11.1. The molecule has 0 aliphatic rings. The van der Waals surface area contributed by atoms with Gasteiger partial charge in [-0.3, -0.25) is 20.2 Å². The molecule has 0 saturated carbocycles. The van der Waals surface area contributed by atoms with Crippen LogP contribution in [-0.4, -0.2) is 28.0 Å². The summed E-state index contributed by atoms with van der Waals surface area (Å²) in [6.07, 6.45) is 0. The molecule has 0 spiro atoms. The molecule has 0 unspecified atom stereocenters. The lowest BCUT2D eigenvalue weighted by atomic mass is 10.1. The van der Waals surface area contributed by atoms with Crippen molar-refractivity contribution in [3.8, 4) is 5.75 Å². The number of nitrogens with zero attached hydrogens (tertiary/aromatic N) is 2. The van der Waals surface area contributed by atoms with Crippen molar-refractivity contribution in [1.82, 2.24) is 0 Å². The lowest BCUT2D eigenvalue weighted by Crippen LogP contribution is -2.02. The van der Waals surface area contributed by atoms with E-state index in [4.69, 9.17) is 9.84 Å². The standard InChI is InChI=1S/C14H11N3O7/c1-24-13-5-2-8(14(18)19)6-11(13)15-10-4-3-9(16(20)21)7-12(10)17(22)23/h2-7,15H,1H3,(H,18,19). The van der Waals surface area contributed by atoms with Gasteiger partial charge >= 0.3 is 5.97 Å². The molecule has 0 saturated heterocycles. The van der Waals surface area contributed by atoms with Gasteiger partial charge in [0.05, 0.1) is 34.3 Å². The Morgan fingerprint density at radius 1 is 1.08 bits per heavy atom. The van der Waals surface area contributed by atoms with Crippen LogP contribution < -0.4 is 10.1 Å². The number of carbonyl (C=O) groups is 1. The predicted octanol–water partition coefficient (Wildman–Crippen LogP) is 2.95. The SMILES string of the molecule is COc1ccc(C(=O)O)cc1Nc1ccc([N+](=O)[O-])cc1[N+](=O)[O-]. The fourth-order valence-electron chi connectivity index (χ4n) is 1.97. The summed E-state index contributed by atoms with van der Waals surface area (Å²) in [4.78, 5) is 31.4. The number of carboxylic acids is 1. The number of ether oxygens (including phenoxy) is 1. The average Bonchev–Trinajstić information content (AvgIpc) is 2.54. The van der Waals surface area contributed by atoms with Crippen molar-refractivity contribution in [2.45, 2.75) is 0 Å². The quantitative estimate of drug-likeness (QED) is 0.606. The number of hydrogen-bond donors (Lipinski definition) is 2. The highest BCUT2D eigenvalue weighted by molar-refractivity contribution is 5.90. The molecule has 0 aliphatic heterocycles. The molecule has 0 heterocycles. The van der Waals surface area contributed by atoms with E-state index in [2.05, 4.69) is 5.32 Å². The molecule has 2 aromatic rings. The summed E-state index contributed by atoms with van der Waals surface area (Å²) in [5.74, 6) is -0.924. The molecule has 10 nitrogen and oxygen atoms in total. The third-order valence-corrected chi connectivity index (χ3v) is 3.10. The van der Waals surface area contributed by atoms with Crippen molar-refractivity contribution in [2.24, 2.45) is 0 Å². The number of benzene rings is 2. The molecule has 0 fully saturated rings. The molecular weight excluding hydrogens is 322 g/mol. The van der Waals surface area contributed by atoms with Crippen LogP contribution in [0.25, 0.3) is 0 Å². The molecule has 2 rings (SSSR count). The van der Waals surface area contributed by atoms with Gasteiger partial charge in [-0.25, -0.2) is 4.79 Å². The van der Waals surface area contributed by atoms with E-state index < -0.39 is 27.2 Å². The van der Waals surface area contributed by atoms with E-state index >= 15 is 0 Å². The first-order valence-electron chi connectivity index (χ1n) is 6.44. The van der Waals surface area contributed by atoms with Gasteiger partial charge in [0.2, 0.25) is 0 Å². The number of carboxylic acid groups (broad SMARTS) is 1. The number of non-ortho nitro benzene ring substituents is 1. The third kappa shape index (κ3) is 3.38. The maximum Gasteiger partial charge on any atom is 0.335 e. The van der Waals surface area contributed by atoms with Crippen LogP contribution in [0.5, 0.6) is 5.75 Å². The second-order valence-electron chi connectivity index (χ2n) is 4.56. The van der Waals surface area contributed by atoms with E-state index in [1.54, 1.807) is 0 Å². The zero-order valence-corrected chi connectivity index (χ0v) is 12.3. The summed E-state index contributed by atoms with van der Waals surface area (Å²) in [7, 11) is 1.35. The summed E-state index contributed by atoms with van der Waals surface area (Å²) in [5.41, 5.74) is -0.867. The van der Waals surface area contributed by atoms with Crippen molar-refractivity contribution in [3.05, 3.63) is 62.2 Å². The van der Waals surface area contributed by atoms with E-state index in [1.165, 1.54) is 31.4 Å². The van der Waals surface area contributed by atoms with E-state index in [0.717, 1.165) is 12.1 Å². The number of anilines is 2. The van der Waals surface area contributed by atoms with Gasteiger partial charge < -0.3 is 15.2 Å². The highest BCUT2D eigenvalue weighted by Gasteiger charge is 2.20. The van der Waals surface area contributed by atoms with Gasteiger partial charge in [-0.15, -0.1) is 0 Å². The number of hydrogen-bond acceptors (Lipinski definition) is 7. The van der Waals surface area contributed by atoms with Crippen LogP contribution in [0.3, 0.4) is 0 Å². The lowest BCUT2D eigenvalue weighted by molar-refractivity contribution is -0.393. The van der Waals surface area contributed by atoms with Crippen LogP contribution in [0.2, 0.25) is 0 Å². The zero-order valence-electron chi connectivity index (χ0n) is 12.3. The van der Waals surface area contributed by atoms with Gasteiger partial charge in [-0.2, -0.15) is 0 Å². The summed E-state index contributed by atoms with van der Waals surface area (Å²) < 4.78 is 5.08. The van der Waals surface area contributed by atoms with E-state index in [0.29, 0.717) is 0 Å². The number of nitro benzene ring substituents is 2. The zero-order chi connectivity index (χ0) is 17.9. The number of nitrogens with one attached hydrogen (secondary N) is 1. The van der Waals surface area contributed by atoms with Gasteiger partial charge in [-0.05, 0) is 24.3 Å². The van der Waals surface area contributed by atoms with E-state index in [1.807, 2.05) is 0 Å². The minimum atomic E-state index is -1.18. The first-order chi connectivity index (χ1) is 11.3. The summed E-state index contributed by atoms with van der Waals surface area (Å²) in [6.45, 7) is 0. The highest BCUT2D eigenvalue weighted by Crippen LogP contribution is 2.35. The molecule has 0 amide bonds. The Kier molecular flexibility index (Phi) is 4.59. The normalized spacial score (nSPS) is 10.0. The minimum absolute atomic E-state index is 0.0357. The molecule has 0 radical (unpaired) electrons. The van der Waals surface area contributed by atoms with Crippen LogP contribution in [0.1, 0.15) is 10.4 Å². The molecule has 0 aromatic heterocycles. The van der Waals surface area contributed by atoms with Gasteiger partial charge in [-0.1, -0.05) is 0 Å². The Bertz CT molecular complexity index is 835. The monoisotopic (exact) mass is 333 g/mol. The molecule has 10 heteroatoms. The predicted molar refractivity (Wildman–Crippen MR) is 83.0 cm³/mol. The second kappa shape index (κ2) is 6.60. The molecule has 0 bridgehead atoms. The third-order valence-electron chi connectivity index (χ3n) is 3.10. The second-order valence-corrected chi connectivity index (χ2v) is 4.56. The van der Waals surface area contributed by atoms with Gasteiger partial charge in [0.25, 0.3) is 11.4 Å². The van der Waals surface area contributed by atoms with Gasteiger partial charge in [0.1, 0.15) is 11.4 Å². The molecular formula is C14H11N3O7. The Morgan fingerprint density at radius 3 is 2.33 bits per heavy atom.